The molecule has 80 valence electrons. The summed E-state index contributed by atoms with van der Waals surface area (Å²) in [4.78, 5) is 0. The molecule has 7 heteroatoms. The maximum Gasteiger partial charge on any atom is 0.421 e. The summed E-state index contributed by atoms with van der Waals surface area (Å²) >= 11 is 5.50. The van der Waals surface area contributed by atoms with Gasteiger partial charge in [-0.05, 0) is 13.0 Å². The van der Waals surface area contributed by atoms with Gasteiger partial charge < -0.3 is 0 Å². The van der Waals surface area contributed by atoms with Gasteiger partial charge >= 0.3 is 6.18 Å². The summed E-state index contributed by atoms with van der Waals surface area (Å²) in [5.74, 6) is 0.382. The van der Waals surface area contributed by atoms with Crippen LogP contribution in [-0.2, 0) is 6.18 Å². The largest absolute Gasteiger partial charge is 0.421 e. The van der Waals surface area contributed by atoms with Crippen molar-refractivity contribution in [3.8, 4) is 0 Å². The smallest absolute Gasteiger partial charge is 0.286 e. The lowest BCUT2D eigenvalue weighted by Crippen LogP contribution is -2.09. The van der Waals surface area contributed by atoms with E-state index in [1.54, 1.807) is 6.92 Å². The average Bonchev–Trinajstić information content (AvgIpc) is 2.45. The van der Waals surface area contributed by atoms with Crippen molar-refractivity contribution in [1.82, 2.24) is 14.6 Å². The van der Waals surface area contributed by atoms with Crippen LogP contribution in [0.3, 0.4) is 0 Å². The molecule has 0 aliphatic heterocycles. The van der Waals surface area contributed by atoms with Crippen molar-refractivity contribution in [3.05, 3.63) is 28.7 Å². The van der Waals surface area contributed by atoms with Crippen LogP contribution < -0.4 is 0 Å². The summed E-state index contributed by atoms with van der Waals surface area (Å²) in [7, 11) is 0. The summed E-state index contributed by atoms with van der Waals surface area (Å²) in [6.45, 7) is 1.56. The van der Waals surface area contributed by atoms with E-state index in [-0.39, 0.29) is 10.7 Å². The van der Waals surface area contributed by atoms with Crippen LogP contribution in [0.5, 0.6) is 0 Å². The van der Waals surface area contributed by atoms with Gasteiger partial charge in [0.05, 0.1) is 5.02 Å². The topological polar surface area (TPSA) is 30.2 Å². The Labute approximate surface area is 87.5 Å². The fraction of sp³-hybridized carbons (Fsp3) is 0.250. The minimum absolute atomic E-state index is 0.271. The molecule has 0 N–H and O–H groups in total. The third kappa shape index (κ3) is 1.54. The Morgan fingerprint density at radius 3 is 2.60 bits per heavy atom. The molecule has 0 saturated carbocycles. The van der Waals surface area contributed by atoms with Crippen molar-refractivity contribution in [1.29, 1.82) is 0 Å². The van der Waals surface area contributed by atoms with Gasteiger partial charge in [0, 0.05) is 6.20 Å². The van der Waals surface area contributed by atoms with Crippen LogP contribution in [0.25, 0.3) is 5.65 Å². The van der Waals surface area contributed by atoms with Crippen molar-refractivity contribution in [2.45, 2.75) is 13.1 Å². The number of halogens is 4. The van der Waals surface area contributed by atoms with E-state index in [0.717, 1.165) is 0 Å². The molecule has 2 rings (SSSR count). The van der Waals surface area contributed by atoms with Crippen molar-refractivity contribution in [3.63, 3.8) is 0 Å². The second kappa shape index (κ2) is 3.10. The van der Waals surface area contributed by atoms with Crippen LogP contribution >= 0.6 is 11.6 Å². The molecule has 0 fully saturated rings. The molecule has 3 nitrogen and oxygen atoms in total. The predicted molar refractivity (Wildman–Crippen MR) is 47.7 cm³/mol. The lowest BCUT2D eigenvalue weighted by Gasteiger charge is -2.09. The Bertz CT molecular complexity index is 518. The van der Waals surface area contributed by atoms with Gasteiger partial charge in [0.1, 0.15) is 11.4 Å². The maximum atomic E-state index is 12.6. The van der Waals surface area contributed by atoms with E-state index in [4.69, 9.17) is 11.6 Å². The van der Waals surface area contributed by atoms with Gasteiger partial charge in [0.2, 0.25) is 0 Å². The molecule has 0 atom stereocenters. The Morgan fingerprint density at radius 2 is 2.00 bits per heavy atom. The van der Waals surface area contributed by atoms with Crippen LogP contribution in [0.15, 0.2) is 12.3 Å². The number of aromatic nitrogens is 3. The third-order valence-corrected chi connectivity index (χ3v) is 2.30. The Kier molecular flexibility index (Phi) is 2.11. The quantitative estimate of drug-likeness (QED) is 0.703. The summed E-state index contributed by atoms with van der Waals surface area (Å²) in [6.07, 6.45) is -3.12. The number of pyridine rings is 1. The first-order valence-electron chi connectivity index (χ1n) is 3.98. The lowest BCUT2D eigenvalue weighted by atomic mass is 10.2. The second-order valence-electron chi connectivity index (χ2n) is 2.98. The van der Waals surface area contributed by atoms with Gasteiger partial charge in [0.15, 0.2) is 5.65 Å². The molecule has 0 radical (unpaired) electrons. The van der Waals surface area contributed by atoms with Crippen LogP contribution in [0.4, 0.5) is 13.2 Å². The zero-order chi connectivity index (χ0) is 11.2. The van der Waals surface area contributed by atoms with Gasteiger partial charge in [-0.3, -0.25) is 4.40 Å². The predicted octanol–water partition coefficient (Wildman–Crippen LogP) is 2.71. The number of rotatable bonds is 0. The monoisotopic (exact) mass is 235 g/mol. The zero-order valence-corrected chi connectivity index (χ0v) is 8.26. The summed E-state index contributed by atoms with van der Waals surface area (Å²) in [5.41, 5.74) is -1.22. The molecule has 0 aromatic carbocycles. The highest BCUT2D eigenvalue weighted by Gasteiger charge is 2.37. The molecular weight excluding hydrogens is 231 g/mol. The van der Waals surface area contributed by atoms with Crippen molar-refractivity contribution >= 4 is 17.2 Å². The first kappa shape index (κ1) is 10.2. The Hall–Kier alpha value is -1.30. The fourth-order valence-electron chi connectivity index (χ4n) is 1.31. The van der Waals surface area contributed by atoms with Crippen LogP contribution in [-0.4, -0.2) is 14.6 Å². The summed E-state index contributed by atoms with van der Waals surface area (Å²) < 4.78 is 39.1. The molecule has 2 aromatic heterocycles. The number of alkyl halides is 3. The van der Waals surface area contributed by atoms with E-state index in [2.05, 4.69) is 10.2 Å². The highest BCUT2D eigenvalue weighted by atomic mass is 35.5. The maximum absolute atomic E-state index is 12.6. The van der Waals surface area contributed by atoms with Gasteiger partial charge in [-0.1, -0.05) is 11.6 Å². The minimum atomic E-state index is -4.53. The lowest BCUT2D eigenvalue weighted by molar-refractivity contribution is -0.136. The highest BCUT2D eigenvalue weighted by Crippen LogP contribution is 2.36. The second-order valence-corrected chi connectivity index (χ2v) is 3.38. The minimum Gasteiger partial charge on any atom is -0.286 e. The molecule has 0 unspecified atom stereocenters. The van der Waals surface area contributed by atoms with Gasteiger partial charge in [-0.2, -0.15) is 13.2 Å². The van der Waals surface area contributed by atoms with E-state index in [0.29, 0.717) is 5.82 Å². The standard InChI is InChI=1S/C8H5ClF3N3/c1-4-13-14-7-6(8(10,11)12)5(9)2-3-15(4)7/h2-3H,1H3. The van der Waals surface area contributed by atoms with E-state index >= 15 is 0 Å². The molecule has 0 spiro atoms. The van der Waals surface area contributed by atoms with Crippen molar-refractivity contribution in [2.75, 3.05) is 0 Å². The van der Waals surface area contributed by atoms with E-state index in [9.17, 15) is 13.2 Å². The van der Waals surface area contributed by atoms with Crippen LogP contribution in [0.2, 0.25) is 5.02 Å². The number of fused-ring (bicyclic) bond motifs is 1. The molecule has 2 heterocycles. The molecule has 0 aliphatic carbocycles. The highest BCUT2D eigenvalue weighted by molar-refractivity contribution is 6.31. The zero-order valence-electron chi connectivity index (χ0n) is 7.51. The van der Waals surface area contributed by atoms with Gasteiger partial charge in [-0.25, -0.2) is 0 Å². The molecule has 15 heavy (non-hydrogen) atoms. The first-order chi connectivity index (χ1) is 6.91. The first-order valence-corrected chi connectivity index (χ1v) is 4.36. The van der Waals surface area contributed by atoms with Crippen LogP contribution in [0, 0.1) is 6.92 Å². The average molecular weight is 236 g/mol. The number of aryl methyl sites for hydroxylation is 1. The summed E-state index contributed by atoms with van der Waals surface area (Å²) in [5, 5.41) is 6.65. The van der Waals surface area contributed by atoms with Gasteiger partial charge in [-0.15, -0.1) is 10.2 Å². The fourth-order valence-corrected chi connectivity index (χ4v) is 1.56. The summed E-state index contributed by atoms with van der Waals surface area (Å²) in [6, 6.07) is 1.17. The van der Waals surface area contributed by atoms with Crippen molar-refractivity contribution < 1.29 is 13.2 Å². The third-order valence-electron chi connectivity index (χ3n) is 1.98. The molecule has 0 saturated heterocycles. The molecule has 0 bridgehead atoms. The van der Waals surface area contributed by atoms with E-state index in [1.807, 2.05) is 0 Å². The number of hydrogen-bond acceptors (Lipinski definition) is 2. The van der Waals surface area contributed by atoms with E-state index in [1.165, 1.54) is 16.7 Å². The molecule has 0 aliphatic rings. The molecule has 0 amide bonds. The van der Waals surface area contributed by atoms with Gasteiger partial charge in [0.25, 0.3) is 0 Å². The number of hydrogen-bond donors (Lipinski definition) is 0. The Balaban J connectivity index is 2.87. The molecular formula is C8H5ClF3N3. The SMILES string of the molecule is Cc1nnc2c(C(F)(F)F)c(Cl)ccn12. The normalized spacial score (nSPS) is 12.3. The van der Waals surface area contributed by atoms with Crippen LogP contribution in [0.1, 0.15) is 11.4 Å². The number of nitrogens with zero attached hydrogens (tertiary/aromatic N) is 3. The Morgan fingerprint density at radius 1 is 1.33 bits per heavy atom. The van der Waals surface area contributed by atoms with E-state index < -0.39 is 11.7 Å². The molecule has 2 aromatic rings. The van der Waals surface area contributed by atoms with Crippen molar-refractivity contribution in [2.24, 2.45) is 0 Å².